The molecule has 1 unspecified atom stereocenters. The number of carbonyl (C=O) groups is 2. The Bertz CT molecular complexity index is 1440. The van der Waals surface area contributed by atoms with Gasteiger partial charge in [0.1, 0.15) is 5.25 Å². The van der Waals surface area contributed by atoms with Crippen LogP contribution in [0.4, 0.5) is 11.4 Å². The highest BCUT2D eigenvalue weighted by molar-refractivity contribution is 8.00. The number of hydrogen-bond acceptors (Lipinski definition) is 5. The summed E-state index contributed by atoms with van der Waals surface area (Å²) in [6.07, 6.45) is 0. The molecule has 6 nitrogen and oxygen atoms in total. The van der Waals surface area contributed by atoms with Crippen LogP contribution in [0.25, 0.3) is 0 Å². The quantitative estimate of drug-likeness (QED) is 0.229. The number of thioether (sulfide) groups is 1. The van der Waals surface area contributed by atoms with Crippen molar-refractivity contribution in [2.75, 3.05) is 24.9 Å². The third-order valence-electron chi connectivity index (χ3n) is 6.19. The lowest BCUT2D eigenvalue weighted by Crippen LogP contribution is -2.19. The highest BCUT2D eigenvalue weighted by Gasteiger charge is 2.23. The van der Waals surface area contributed by atoms with E-state index in [4.69, 9.17) is 9.47 Å². The van der Waals surface area contributed by atoms with Gasteiger partial charge in [-0.05, 0) is 73.0 Å². The Morgan fingerprint density at radius 3 is 2.24 bits per heavy atom. The van der Waals surface area contributed by atoms with E-state index >= 15 is 0 Å². The zero-order chi connectivity index (χ0) is 27.1. The van der Waals surface area contributed by atoms with Gasteiger partial charge in [0.05, 0.1) is 14.2 Å². The first-order valence-electron chi connectivity index (χ1n) is 12.1. The van der Waals surface area contributed by atoms with Crippen LogP contribution >= 0.6 is 11.8 Å². The third kappa shape index (κ3) is 6.36. The van der Waals surface area contributed by atoms with E-state index in [9.17, 15) is 9.59 Å². The first-order valence-corrected chi connectivity index (χ1v) is 13.0. The summed E-state index contributed by atoms with van der Waals surface area (Å²) in [5, 5.41) is 5.55. The van der Waals surface area contributed by atoms with E-state index in [0.29, 0.717) is 22.7 Å². The molecule has 1 atom stereocenters. The van der Waals surface area contributed by atoms with Crippen LogP contribution in [-0.2, 0) is 4.79 Å². The van der Waals surface area contributed by atoms with Crippen LogP contribution in [0, 0.1) is 13.8 Å². The zero-order valence-electron chi connectivity index (χ0n) is 21.8. The number of hydrogen-bond donors (Lipinski definition) is 2. The van der Waals surface area contributed by atoms with Gasteiger partial charge in [0.15, 0.2) is 11.5 Å². The topological polar surface area (TPSA) is 76.7 Å². The molecule has 0 aliphatic rings. The average Bonchev–Trinajstić information content (AvgIpc) is 2.94. The van der Waals surface area contributed by atoms with Crippen molar-refractivity contribution >= 4 is 35.0 Å². The molecule has 0 heterocycles. The first kappa shape index (κ1) is 26.8. The van der Waals surface area contributed by atoms with E-state index in [1.165, 1.54) is 18.9 Å². The molecule has 4 aromatic carbocycles. The van der Waals surface area contributed by atoms with Crippen LogP contribution in [0.5, 0.6) is 11.5 Å². The summed E-state index contributed by atoms with van der Waals surface area (Å²) in [7, 11) is 3.07. The molecule has 0 bridgehead atoms. The minimum absolute atomic E-state index is 0.116. The summed E-state index contributed by atoms with van der Waals surface area (Å²) in [5.74, 6) is 0.633. The largest absolute Gasteiger partial charge is 0.493 e. The standard InChI is InChI=1S/C31H30N2O4S/c1-20-10-8-15-26(21(20)2)33-31(35)29(22-11-6-5-7-12-22)38-25-14-9-13-24(19-25)32-30(34)23-16-17-27(36-3)28(18-23)37-4/h5-19,29H,1-4H3,(H,32,34)(H,33,35). The van der Waals surface area contributed by atoms with Gasteiger partial charge in [0.25, 0.3) is 5.91 Å². The molecule has 0 spiro atoms. The molecular weight excluding hydrogens is 496 g/mol. The molecule has 2 amide bonds. The zero-order valence-corrected chi connectivity index (χ0v) is 22.6. The Morgan fingerprint density at radius 2 is 1.50 bits per heavy atom. The van der Waals surface area contributed by atoms with E-state index in [1.807, 2.05) is 86.6 Å². The number of methoxy groups -OCH3 is 2. The number of ether oxygens (including phenoxy) is 2. The fourth-order valence-electron chi connectivity index (χ4n) is 3.95. The van der Waals surface area contributed by atoms with Crippen LogP contribution in [0.15, 0.2) is 95.9 Å². The Labute approximate surface area is 227 Å². The maximum Gasteiger partial charge on any atom is 0.255 e. The van der Waals surface area contributed by atoms with Crippen LogP contribution in [0.2, 0.25) is 0 Å². The minimum Gasteiger partial charge on any atom is -0.493 e. The predicted octanol–water partition coefficient (Wildman–Crippen LogP) is 7.05. The number of carbonyl (C=O) groups excluding carboxylic acids is 2. The second-order valence-corrected chi connectivity index (χ2v) is 9.88. The number of nitrogens with one attached hydrogen (secondary N) is 2. The van der Waals surface area contributed by atoms with Crippen molar-refractivity contribution in [3.63, 3.8) is 0 Å². The van der Waals surface area contributed by atoms with E-state index in [2.05, 4.69) is 10.6 Å². The summed E-state index contributed by atoms with van der Waals surface area (Å²) in [5.41, 5.74) is 4.90. The van der Waals surface area contributed by atoms with Crippen molar-refractivity contribution in [1.82, 2.24) is 0 Å². The molecule has 0 aliphatic heterocycles. The minimum atomic E-state index is -0.493. The molecule has 0 saturated carbocycles. The summed E-state index contributed by atoms with van der Waals surface area (Å²) >= 11 is 1.43. The van der Waals surface area contributed by atoms with Crippen molar-refractivity contribution in [2.45, 2.75) is 24.0 Å². The molecular formula is C31H30N2O4S. The molecule has 0 saturated heterocycles. The second kappa shape index (κ2) is 12.3. The molecule has 4 aromatic rings. The van der Waals surface area contributed by atoms with E-state index < -0.39 is 5.25 Å². The Morgan fingerprint density at radius 1 is 0.763 bits per heavy atom. The molecule has 2 N–H and O–H groups in total. The van der Waals surface area contributed by atoms with E-state index in [-0.39, 0.29) is 11.8 Å². The molecule has 38 heavy (non-hydrogen) atoms. The van der Waals surface area contributed by atoms with E-state index in [0.717, 1.165) is 27.3 Å². The maximum absolute atomic E-state index is 13.5. The normalized spacial score (nSPS) is 11.4. The van der Waals surface area contributed by atoms with Gasteiger partial charge < -0.3 is 20.1 Å². The molecule has 0 radical (unpaired) electrons. The monoisotopic (exact) mass is 526 g/mol. The van der Waals surface area contributed by atoms with Crippen LogP contribution in [0.1, 0.15) is 32.3 Å². The highest BCUT2D eigenvalue weighted by Crippen LogP contribution is 2.37. The van der Waals surface area contributed by atoms with Crippen LogP contribution < -0.4 is 20.1 Å². The predicted molar refractivity (Wildman–Crippen MR) is 154 cm³/mol. The summed E-state index contributed by atoms with van der Waals surface area (Å²) in [6, 6.07) is 28.0. The summed E-state index contributed by atoms with van der Waals surface area (Å²) in [4.78, 5) is 27.3. The van der Waals surface area contributed by atoms with Crippen LogP contribution in [-0.4, -0.2) is 26.0 Å². The summed E-state index contributed by atoms with van der Waals surface area (Å²) in [6.45, 7) is 4.02. The lowest BCUT2D eigenvalue weighted by molar-refractivity contribution is -0.115. The van der Waals surface area contributed by atoms with Crippen molar-refractivity contribution in [2.24, 2.45) is 0 Å². The third-order valence-corrected chi connectivity index (χ3v) is 7.44. The van der Waals surface area contributed by atoms with Gasteiger partial charge in [-0.3, -0.25) is 9.59 Å². The molecule has 0 aliphatic carbocycles. The smallest absolute Gasteiger partial charge is 0.255 e. The molecule has 4 rings (SSSR count). The molecule has 0 fully saturated rings. The second-order valence-electron chi connectivity index (χ2n) is 8.70. The van der Waals surface area contributed by atoms with Gasteiger partial charge in [-0.2, -0.15) is 0 Å². The van der Waals surface area contributed by atoms with Gasteiger partial charge >= 0.3 is 0 Å². The average molecular weight is 527 g/mol. The van der Waals surface area contributed by atoms with Gasteiger partial charge in [-0.15, -0.1) is 11.8 Å². The fraction of sp³-hybridized carbons (Fsp3) is 0.161. The number of benzene rings is 4. The Balaban J connectivity index is 1.55. The fourth-order valence-corrected chi connectivity index (χ4v) is 5.03. The number of amides is 2. The summed E-state index contributed by atoms with van der Waals surface area (Å²) < 4.78 is 10.6. The van der Waals surface area contributed by atoms with Crippen molar-refractivity contribution in [3.05, 3.63) is 113 Å². The van der Waals surface area contributed by atoms with Crippen molar-refractivity contribution in [3.8, 4) is 11.5 Å². The first-order chi connectivity index (χ1) is 18.4. The van der Waals surface area contributed by atoms with Crippen LogP contribution in [0.3, 0.4) is 0 Å². The molecule has 7 heteroatoms. The van der Waals surface area contributed by atoms with Gasteiger partial charge in [-0.25, -0.2) is 0 Å². The molecule has 0 aromatic heterocycles. The SMILES string of the molecule is COc1ccc(C(=O)Nc2cccc(SC(C(=O)Nc3cccc(C)c3C)c3ccccc3)c2)cc1OC. The number of aryl methyl sites for hydroxylation is 1. The molecule has 194 valence electrons. The van der Waals surface area contributed by atoms with Gasteiger partial charge in [0, 0.05) is 21.8 Å². The van der Waals surface area contributed by atoms with Gasteiger partial charge in [0.2, 0.25) is 5.91 Å². The Kier molecular flexibility index (Phi) is 8.71. The van der Waals surface area contributed by atoms with Crippen molar-refractivity contribution < 1.29 is 19.1 Å². The Hall–Kier alpha value is -4.23. The van der Waals surface area contributed by atoms with Gasteiger partial charge in [-0.1, -0.05) is 48.5 Å². The van der Waals surface area contributed by atoms with E-state index in [1.54, 1.807) is 25.3 Å². The lowest BCUT2D eigenvalue weighted by atomic mass is 10.1. The number of rotatable bonds is 9. The van der Waals surface area contributed by atoms with Crippen molar-refractivity contribution in [1.29, 1.82) is 0 Å². The lowest BCUT2D eigenvalue weighted by Gasteiger charge is -2.19. The maximum atomic E-state index is 13.5. The highest BCUT2D eigenvalue weighted by atomic mass is 32.2. The number of anilines is 2.